The van der Waals surface area contributed by atoms with Crippen LogP contribution in [0.4, 0.5) is 4.79 Å². The van der Waals surface area contributed by atoms with Gasteiger partial charge in [-0.15, -0.1) is 0 Å². The van der Waals surface area contributed by atoms with Crippen LogP contribution in [0.1, 0.15) is 28.3 Å². The summed E-state index contributed by atoms with van der Waals surface area (Å²) in [7, 11) is -2.61. The number of carbonyl (C=O) groups excluding carboxylic acids is 2. The summed E-state index contributed by atoms with van der Waals surface area (Å²) in [5, 5.41) is 2.67. The fourth-order valence-corrected chi connectivity index (χ4v) is 5.25. The normalized spacial score (nSPS) is 19.1. The van der Waals surface area contributed by atoms with E-state index in [1.165, 1.54) is 13.2 Å². The minimum atomic E-state index is -3.84. The van der Waals surface area contributed by atoms with Gasteiger partial charge in [-0.3, -0.25) is 4.79 Å². The number of nitrogens with one attached hydrogen (secondary N) is 1. The maximum absolute atomic E-state index is 13.1. The SMILES string of the molecule is COC(=O)C1C(CS(=O)(=O)c2ccc(C)cc2C)=NC(=O)NC1c1ccc(C)cc1. The number of nitrogens with zero attached hydrogens (tertiary/aromatic N) is 1. The molecule has 1 aliphatic heterocycles. The molecule has 0 radical (unpaired) electrons. The number of ether oxygens (including phenoxy) is 1. The summed E-state index contributed by atoms with van der Waals surface area (Å²) < 4.78 is 31.2. The molecule has 2 aromatic rings. The Morgan fingerprint density at radius 2 is 1.70 bits per heavy atom. The molecule has 0 fully saturated rings. The van der Waals surface area contributed by atoms with Crippen LogP contribution in [0.25, 0.3) is 0 Å². The van der Waals surface area contributed by atoms with Gasteiger partial charge in [-0.1, -0.05) is 47.5 Å². The van der Waals surface area contributed by atoms with E-state index in [9.17, 15) is 18.0 Å². The maximum atomic E-state index is 13.1. The fourth-order valence-electron chi connectivity index (χ4n) is 3.63. The molecule has 1 N–H and O–H groups in total. The average molecular weight is 429 g/mol. The lowest BCUT2D eigenvalue weighted by Crippen LogP contribution is -2.47. The number of aryl methyl sites for hydroxylation is 3. The zero-order chi connectivity index (χ0) is 22.1. The van der Waals surface area contributed by atoms with Crippen molar-refractivity contribution in [3.63, 3.8) is 0 Å². The van der Waals surface area contributed by atoms with Crippen LogP contribution < -0.4 is 5.32 Å². The molecule has 2 amide bonds. The van der Waals surface area contributed by atoms with E-state index in [0.717, 1.165) is 11.1 Å². The zero-order valence-corrected chi connectivity index (χ0v) is 18.1. The first kappa shape index (κ1) is 21.7. The molecule has 1 aliphatic rings. The monoisotopic (exact) mass is 428 g/mol. The van der Waals surface area contributed by atoms with Crippen molar-refractivity contribution >= 4 is 27.5 Å². The quantitative estimate of drug-likeness (QED) is 0.738. The molecule has 0 aromatic heterocycles. The minimum absolute atomic E-state index is 0.0313. The molecule has 2 aromatic carbocycles. The highest BCUT2D eigenvalue weighted by molar-refractivity contribution is 7.92. The van der Waals surface area contributed by atoms with E-state index in [0.29, 0.717) is 11.1 Å². The van der Waals surface area contributed by atoms with Gasteiger partial charge in [0.05, 0.1) is 29.5 Å². The van der Waals surface area contributed by atoms with Gasteiger partial charge in [0.2, 0.25) is 0 Å². The van der Waals surface area contributed by atoms with E-state index in [1.54, 1.807) is 31.2 Å². The van der Waals surface area contributed by atoms with Crippen LogP contribution in [0.3, 0.4) is 0 Å². The highest BCUT2D eigenvalue weighted by atomic mass is 32.2. The number of amides is 2. The van der Waals surface area contributed by atoms with Crippen molar-refractivity contribution < 1.29 is 22.7 Å². The van der Waals surface area contributed by atoms with Crippen molar-refractivity contribution in [3.8, 4) is 0 Å². The lowest BCUT2D eigenvalue weighted by Gasteiger charge is -2.30. The molecule has 0 spiro atoms. The van der Waals surface area contributed by atoms with Crippen molar-refractivity contribution in [3.05, 3.63) is 64.7 Å². The van der Waals surface area contributed by atoms with Crippen LogP contribution in [0.2, 0.25) is 0 Å². The molecule has 2 unspecified atom stereocenters. The summed E-state index contributed by atoms with van der Waals surface area (Å²) >= 11 is 0. The van der Waals surface area contributed by atoms with Gasteiger partial charge in [0.15, 0.2) is 9.84 Å². The summed E-state index contributed by atoms with van der Waals surface area (Å²) in [5.74, 6) is -2.25. The molecule has 30 heavy (non-hydrogen) atoms. The van der Waals surface area contributed by atoms with Gasteiger partial charge in [0.1, 0.15) is 5.92 Å². The minimum Gasteiger partial charge on any atom is -0.468 e. The molecule has 1 heterocycles. The number of hydrogen-bond acceptors (Lipinski definition) is 5. The number of urea groups is 1. The van der Waals surface area contributed by atoms with Gasteiger partial charge in [-0.25, -0.2) is 18.2 Å². The third-order valence-electron chi connectivity index (χ3n) is 5.11. The van der Waals surface area contributed by atoms with Gasteiger partial charge in [-0.2, -0.15) is 0 Å². The summed E-state index contributed by atoms with van der Waals surface area (Å²) in [6.45, 7) is 5.50. The van der Waals surface area contributed by atoms with E-state index >= 15 is 0 Å². The Morgan fingerprint density at radius 1 is 1.07 bits per heavy atom. The van der Waals surface area contributed by atoms with Crippen molar-refractivity contribution in [2.45, 2.75) is 31.7 Å². The van der Waals surface area contributed by atoms with Crippen molar-refractivity contribution in [2.24, 2.45) is 10.9 Å². The molecule has 7 nitrogen and oxygen atoms in total. The third-order valence-corrected chi connectivity index (χ3v) is 6.92. The topological polar surface area (TPSA) is 102 Å². The highest BCUT2D eigenvalue weighted by Crippen LogP contribution is 2.30. The highest BCUT2D eigenvalue weighted by Gasteiger charge is 2.41. The van der Waals surface area contributed by atoms with Crippen LogP contribution in [0, 0.1) is 26.7 Å². The third kappa shape index (κ3) is 4.43. The zero-order valence-electron chi connectivity index (χ0n) is 17.3. The van der Waals surface area contributed by atoms with E-state index in [-0.39, 0.29) is 10.6 Å². The lowest BCUT2D eigenvalue weighted by atomic mass is 9.88. The van der Waals surface area contributed by atoms with Crippen molar-refractivity contribution in [1.82, 2.24) is 5.32 Å². The predicted molar refractivity (Wildman–Crippen MR) is 113 cm³/mol. The van der Waals surface area contributed by atoms with Gasteiger partial charge >= 0.3 is 12.0 Å². The number of methoxy groups -OCH3 is 1. The average Bonchev–Trinajstić information content (AvgIpc) is 2.67. The lowest BCUT2D eigenvalue weighted by molar-refractivity contribution is -0.143. The number of hydrogen-bond donors (Lipinski definition) is 1. The van der Waals surface area contributed by atoms with Gasteiger partial charge < -0.3 is 10.1 Å². The van der Waals surface area contributed by atoms with Gasteiger partial charge in [-0.05, 0) is 38.0 Å². The predicted octanol–water partition coefficient (Wildman–Crippen LogP) is 3.08. The summed E-state index contributed by atoms with van der Waals surface area (Å²) in [6, 6.07) is 10.8. The summed E-state index contributed by atoms with van der Waals surface area (Å²) in [4.78, 5) is 28.9. The summed E-state index contributed by atoms with van der Waals surface area (Å²) in [5.41, 5.74) is 3.19. The van der Waals surface area contributed by atoms with Crippen molar-refractivity contribution in [2.75, 3.05) is 12.9 Å². The smallest absolute Gasteiger partial charge is 0.341 e. The van der Waals surface area contributed by atoms with E-state index in [2.05, 4.69) is 10.3 Å². The van der Waals surface area contributed by atoms with E-state index < -0.39 is 39.6 Å². The second-order valence-corrected chi connectivity index (χ2v) is 9.43. The van der Waals surface area contributed by atoms with Gasteiger partial charge in [0, 0.05) is 0 Å². The molecule has 0 aliphatic carbocycles. The molecule has 2 atom stereocenters. The number of sulfone groups is 1. The molecule has 0 saturated heterocycles. The largest absolute Gasteiger partial charge is 0.468 e. The maximum Gasteiger partial charge on any atom is 0.341 e. The molecule has 158 valence electrons. The van der Waals surface area contributed by atoms with Crippen LogP contribution in [-0.2, 0) is 19.4 Å². The van der Waals surface area contributed by atoms with Crippen molar-refractivity contribution in [1.29, 1.82) is 0 Å². The fraction of sp³-hybridized carbons (Fsp3) is 0.318. The van der Waals surface area contributed by atoms with Crippen LogP contribution >= 0.6 is 0 Å². The van der Waals surface area contributed by atoms with Crippen LogP contribution in [0.5, 0.6) is 0 Å². The molecular formula is C22H24N2O5S. The molecule has 3 rings (SSSR count). The molecule has 0 bridgehead atoms. The van der Waals surface area contributed by atoms with Gasteiger partial charge in [0.25, 0.3) is 0 Å². The second kappa shape index (κ2) is 8.39. The summed E-state index contributed by atoms with van der Waals surface area (Å²) in [6.07, 6.45) is 0. The Kier molecular flexibility index (Phi) is 6.07. The van der Waals surface area contributed by atoms with E-state index in [4.69, 9.17) is 4.74 Å². The Hall–Kier alpha value is -3.00. The standard InChI is InChI=1S/C22H24N2O5S/c1-13-5-8-16(9-6-13)20-19(21(25)29-4)17(23-22(26)24-20)12-30(27,28)18-10-7-14(2)11-15(18)3/h5-11,19-20H,12H2,1-4H3,(H,24,26). The second-order valence-electron chi connectivity index (χ2n) is 7.47. The Labute approximate surface area is 176 Å². The van der Waals surface area contributed by atoms with E-state index in [1.807, 2.05) is 26.0 Å². The van der Waals surface area contributed by atoms with Crippen LogP contribution in [-0.4, -0.2) is 39.0 Å². The molecule has 8 heteroatoms. The first-order valence-corrected chi connectivity index (χ1v) is 11.1. The molecular weight excluding hydrogens is 404 g/mol. The molecule has 0 saturated carbocycles. The number of esters is 1. The first-order chi connectivity index (χ1) is 14.1. The number of aliphatic imine (C=N–C) groups is 1. The first-order valence-electron chi connectivity index (χ1n) is 9.44. The Morgan fingerprint density at radius 3 is 2.30 bits per heavy atom. The Balaban J connectivity index is 2.03. The number of benzene rings is 2. The Bertz CT molecular complexity index is 1120. The number of carbonyl (C=O) groups is 2. The number of rotatable bonds is 5. The van der Waals surface area contributed by atoms with Crippen LogP contribution in [0.15, 0.2) is 52.4 Å².